The van der Waals surface area contributed by atoms with Crippen LogP contribution in [0.15, 0.2) is 48.7 Å². The summed E-state index contributed by atoms with van der Waals surface area (Å²) in [5.41, 5.74) is 3.07. The van der Waals surface area contributed by atoms with Gasteiger partial charge in [0.15, 0.2) is 17.3 Å². The molecule has 0 saturated carbocycles. The molecule has 4 aromatic rings. The Morgan fingerprint density at radius 2 is 1.89 bits per heavy atom. The van der Waals surface area contributed by atoms with E-state index in [0.29, 0.717) is 74.7 Å². The Bertz CT molecular complexity index is 1460. The second-order valence-corrected chi connectivity index (χ2v) is 9.15. The first-order valence-corrected chi connectivity index (χ1v) is 12.3. The molecule has 1 N–H and O–H groups in total. The van der Waals surface area contributed by atoms with Gasteiger partial charge in [0.1, 0.15) is 18.0 Å². The van der Waals surface area contributed by atoms with E-state index in [1.54, 1.807) is 53.3 Å². The highest BCUT2D eigenvalue weighted by Crippen LogP contribution is 2.40. The highest BCUT2D eigenvalue weighted by atomic mass is 35.5. The van der Waals surface area contributed by atoms with Crippen LogP contribution >= 0.6 is 34.8 Å². The van der Waals surface area contributed by atoms with E-state index in [4.69, 9.17) is 44.3 Å². The van der Waals surface area contributed by atoms with E-state index in [9.17, 15) is 4.79 Å². The molecule has 1 aliphatic rings. The molecule has 3 heterocycles. The van der Waals surface area contributed by atoms with Gasteiger partial charge in [-0.05, 0) is 43.3 Å². The quantitative estimate of drug-likeness (QED) is 0.321. The highest BCUT2D eigenvalue weighted by molar-refractivity contribution is 6.35. The van der Waals surface area contributed by atoms with Crippen LogP contribution in [0.4, 0.5) is 0 Å². The number of halogens is 3. The Hall–Kier alpha value is -3.33. The van der Waals surface area contributed by atoms with Gasteiger partial charge in [-0.25, -0.2) is 9.97 Å². The van der Waals surface area contributed by atoms with Gasteiger partial charge in [0, 0.05) is 33.9 Å². The first-order chi connectivity index (χ1) is 17.4. The third-order valence-electron chi connectivity index (χ3n) is 5.49. The Morgan fingerprint density at radius 3 is 2.67 bits per heavy atom. The summed E-state index contributed by atoms with van der Waals surface area (Å²) in [5, 5.41) is 8.71. The Morgan fingerprint density at radius 1 is 1.03 bits per heavy atom. The van der Waals surface area contributed by atoms with Crippen LogP contribution in [0, 0.1) is 0 Å². The molecule has 1 aliphatic heterocycles. The normalized spacial score (nSPS) is 12.7. The van der Waals surface area contributed by atoms with Crippen molar-refractivity contribution in [3.63, 3.8) is 0 Å². The lowest BCUT2D eigenvalue weighted by molar-refractivity contribution is 0.0924. The Kier molecular flexibility index (Phi) is 7.00. The molecule has 0 unspecified atom stereocenters. The van der Waals surface area contributed by atoms with Crippen molar-refractivity contribution in [2.75, 3.05) is 13.2 Å². The zero-order valence-electron chi connectivity index (χ0n) is 19.1. The lowest BCUT2D eigenvalue weighted by Gasteiger charge is -2.15. The van der Waals surface area contributed by atoms with Gasteiger partial charge >= 0.3 is 0 Å². The van der Waals surface area contributed by atoms with Crippen LogP contribution in [-0.2, 0) is 13.2 Å². The Balaban J connectivity index is 1.45. The van der Waals surface area contributed by atoms with Crippen LogP contribution < -0.4 is 14.8 Å². The van der Waals surface area contributed by atoms with Crippen molar-refractivity contribution in [3.05, 3.63) is 75.0 Å². The average Bonchev–Trinajstić information content (AvgIpc) is 3.31. The summed E-state index contributed by atoms with van der Waals surface area (Å²) in [4.78, 5) is 21.2. The summed E-state index contributed by atoms with van der Waals surface area (Å²) in [6, 6.07) is 12.2. The van der Waals surface area contributed by atoms with Crippen molar-refractivity contribution in [1.82, 2.24) is 25.1 Å². The van der Waals surface area contributed by atoms with E-state index in [1.807, 2.05) is 6.92 Å². The Labute approximate surface area is 222 Å². The average molecular weight is 545 g/mol. The summed E-state index contributed by atoms with van der Waals surface area (Å²) < 4.78 is 13.5. The number of carbonyl (C=O) groups is 1. The van der Waals surface area contributed by atoms with E-state index in [2.05, 4.69) is 20.4 Å². The lowest BCUT2D eigenvalue weighted by atomic mass is 10.1. The van der Waals surface area contributed by atoms with E-state index in [1.165, 1.54) is 0 Å². The van der Waals surface area contributed by atoms with Crippen molar-refractivity contribution in [2.24, 2.45) is 0 Å². The molecule has 184 valence electrons. The third-order valence-corrected chi connectivity index (χ3v) is 6.36. The topological polar surface area (TPSA) is 91.2 Å². The molecule has 5 rings (SSSR count). The van der Waals surface area contributed by atoms with Crippen molar-refractivity contribution in [1.29, 1.82) is 0 Å². The number of carbonyl (C=O) groups excluding carboxylic acids is 1. The van der Waals surface area contributed by atoms with Crippen molar-refractivity contribution in [2.45, 2.75) is 20.1 Å². The van der Waals surface area contributed by atoms with E-state index < -0.39 is 0 Å². The summed E-state index contributed by atoms with van der Waals surface area (Å²) in [7, 11) is 0. The number of benzene rings is 2. The number of fused-ring (bicyclic) bond motifs is 1. The minimum atomic E-state index is -0.155. The van der Waals surface area contributed by atoms with Gasteiger partial charge < -0.3 is 14.8 Å². The minimum absolute atomic E-state index is 0.155. The van der Waals surface area contributed by atoms with E-state index >= 15 is 0 Å². The maximum Gasteiger partial charge on any atom is 0.269 e. The zero-order chi connectivity index (χ0) is 25.2. The molecule has 36 heavy (non-hydrogen) atoms. The van der Waals surface area contributed by atoms with Crippen molar-refractivity contribution >= 4 is 40.7 Å². The number of aromatic nitrogens is 4. The summed E-state index contributed by atoms with van der Waals surface area (Å²) in [6.07, 6.45) is 1.64. The maximum atomic E-state index is 12.1. The second kappa shape index (κ2) is 10.3. The second-order valence-electron chi connectivity index (χ2n) is 7.90. The molecule has 2 aromatic heterocycles. The largest absolute Gasteiger partial charge is 0.490 e. The van der Waals surface area contributed by atoms with Gasteiger partial charge in [-0.3, -0.25) is 9.48 Å². The maximum absolute atomic E-state index is 12.1. The fraction of sp³-hybridized carbons (Fsp3) is 0.200. The van der Waals surface area contributed by atoms with Crippen LogP contribution in [0.5, 0.6) is 11.5 Å². The predicted octanol–water partition coefficient (Wildman–Crippen LogP) is 5.69. The number of amides is 1. The number of ether oxygens (including phenoxy) is 2. The standard InChI is InChI=1S/C25H20Cl3N5O3/c1-2-35-22-10-15(9-18(28)23(22)36-13-14-3-4-16(26)11-17(14)27)24-29-6-5-19(31-24)20-12-21-25(34)30-7-8-33(21)32-20/h3-6,9-12H,2,7-8,13H2,1H3,(H,30,34). The monoisotopic (exact) mass is 543 g/mol. The first kappa shape index (κ1) is 24.4. The highest BCUT2D eigenvalue weighted by Gasteiger charge is 2.21. The van der Waals surface area contributed by atoms with Crippen LogP contribution in [0.1, 0.15) is 23.0 Å². The van der Waals surface area contributed by atoms with Gasteiger partial charge in [-0.1, -0.05) is 40.9 Å². The molecular formula is C25H20Cl3N5O3. The molecule has 2 aromatic carbocycles. The molecular weight excluding hydrogens is 525 g/mol. The first-order valence-electron chi connectivity index (χ1n) is 11.2. The van der Waals surface area contributed by atoms with Gasteiger partial charge in [0.25, 0.3) is 5.91 Å². The molecule has 11 heteroatoms. The van der Waals surface area contributed by atoms with Gasteiger partial charge in [0.2, 0.25) is 0 Å². The van der Waals surface area contributed by atoms with E-state index in [0.717, 1.165) is 5.56 Å². The molecule has 1 amide bonds. The summed E-state index contributed by atoms with van der Waals surface area (Å²) in [6.45, 7) is 3.60. The van der Waals surface area contributed by atoms with Gasteiger partial charge in [-0.2, -0.15) is 5.10 Å². The van der Waals surface area contributed by atoms with Crippen LogP contribution in [0.25, 0.3) is 22.8 Å². The van der Waals surface area contributed by atoms with Gasteiger partial charge in [0.05, 0.1) is 23.9 Å². The lowest BCUT2D eigenvalue weighted by Crippen LogP contribution is -2.35. The van der Waals surface area contributed by atoms with Crippen molar-refractivity contribution < 1.29 is 14.3 Å². The van der Waals surface area contributed by atoms with Crippen molar-refractivity contribution in [3.8, 4) is 34.3 Å². The molecule has 0 spiro atoms. The molecule has 8 nitrogen and oxygen atoms in total. The fourth-order valence-electron chi connectivity index (χ4n) is 3.79. The molecule has 0 aliphatic carbocycles. The number of nitrogens with one attached hydrogen (secondary N) is 1. The predicted molar refractivity (Wildman–Crippen MR) is 138 cm³/mol. The smallest absolute Gasteiger partial charge is 0.269 e. The fourth-order valence-corrected chi connectivity index (χ4v) is 4.52. The summed E-state index contributed by atoms with van der Waals surface area (Å²) in [5.74, 6) is 1.11. The number of hydrogen-bond donors (Lipinski definition) is 1. The third kappa shape index (κ3) is 4.97. The molecule has 0 atom stereocenters. The minimum Gasteiger partial charge on any atom is -0.490 e. The SMILES string of the molecule is CCOc1cc(-c2nccc(-c3cc4n(n3)CCNC4=O)n2)cc(Cl)c1OCc1ccc(Cl)cc1Cl. The number of hydrogen-bond acceptors (Lipinski definition) is 6. The van der Waals surface area contributed by atoms with Crippen LogP contribution in [0.3, 0.4) is 0 Å². The van der Waals surface area contributed by atoms with Gasteiger partial charge in [-0.15, -0.1) is 0 Å². The van der Waals surface area contributed by atoms with Crippen LogP contribution in [0.2, 0.25) is 15.1 Å². The molecule has 0 bridgehead atoms. The van der Waals surface area contributed by atoms with Crippen LogP contribution in [-0.4, -0.2) is 38.8 Å². The molecule has 0 radical (unpaired) electrons. The molecule has 0 saturated heterocycles. The number of nitrogens with zero attached hydrogens (tertiary/aromatic N) is 4. The van der Waals surface area contributed by atoms with E-state index in [-0.39, 0.29) is 12.5 Å². The summed E-state index contributed by atoms with van der Waals surface area (Å²) >= 11 is 18.9. The zero-order valence-corrected chi connectivity index (χ0v) is 21.4. The molecule has 0 fully saturated rings. The number of rotatable bonds is 7.